The first-order valence-electron chi connectivity index (χ1n) is 11.7. The second-order valence-electron chi connectivity index (χ2n) is 8.34. The zero-order valence-electron chi connectivity index (χ0n) is 18.1. The molecule has 154 valence electrons. The third-order valence-corrected chi connectivity index (χ3v) is 6.08. The average Bonchev–Trinajstić information content (AvgIpc) is 2.76. The second kappa shape index (κ2) is 11.7. The number of nitrogen functional groups attached to an aromatic ring is 1. The number of anilines is 1. The van der Waals surface area contributed by atoms with Gasteiger partial charge in [0.05, 0.1) is 0 Å². The van der Waals surface area contributed by atoms with Crippen LogP contribution in [0, 0.1) is 0 Å². The topological polar surface area (TPSA) is 26.0 Å². The maximum atomic E-state index is 6.57. The van der Waals surface area contributed by atoms with E-state index < -0.39 is 0 Å². The van der Waals surface area contributed by atoms with Crippen molar-refractivity contribution in [3.05, 3.63) is 66.2 Å². The predicted octanol–water partition coefficient (Wildman–Crippen LogP) is 8.55. The molecule has 2 N–H and O–H groups in total. The zero-order valence-corrected chi connectivity index (χ0v) is 18.1. The number of nitrogens with two attached hydrogens (primary N) is 1. The number of unbranched alkanes of at least 4 members (excludes halogenated alkanes) is 9. The quantitative estimate of drug-likeness (QED) is 0.244. The maximum Gasteiger partial charge on any atom is 0.0473 e. The largest absolute Gasteiger partial charge is 0.398 e. The van der Waals surface area contributed by atoms with Gasteiger partial charge in [0.2, 0.25) is 0 Å². The Kier molecular flexibility index (Phi) is 8.61. The van der Waals surface area contributed by atoms with Crippen LogP contribution in [0.25, 0.3) is 21.9 Å². The molecule has 29 heavy (non-hydrogen) atoms. The summed E-state index contributed by atoms with van der Waals surface area (Å²) in [6.45, 7) is 2.28. The van der Waals surface area contributed by atoms with Crippen LogP contribution < -0.4 is 5.73 Å². The Morgan fingerprint density at radius 2 is 1.21 bits per heavy atom. The molecule has 0 aliphatic heterocycles. The molecular formula is C28H37N. The van der Waals surface area contributed by atoms with Crippen molar-refractivity contribution in [1.82, 2.24) is 0 Å². The van der Waals surface area contributed by atoms with E-state index in [1.807, 2.05) is 0 Å². The van der Waals surface area contributed by atoms with Crippen molar-refractivity contribution in [2.24, 2.45) is 0 Å². The van der Waals surface area contributed by atoms with Crippen LogP contribution in [-0.2, 0) is 6.42 Å². The molecular weight excluding hydrogens is 350 g/mol. The molecule has 3 aromatic carbocycles. The summed E-state index contributed by atoms with van der Waals surface area (Å²) in [5.41, 5.74) is 11.4. The van der Waals surface area contributed by atoms with E-state index in [-0.39, 0.29) is 0 Å². The van der Waals surface area contributed by atoms with Crippen molar-refractivity contribution in [1.29, 1.82) is 0 Å². The van der Waals surface area contributed by atoms with Crippen LogP contribution in [-0.4, -0.2) is 0 Å². The van der Waals surface area contributed by atoms with Crippen molar-refractivity contribution in [2.75, 3.05) is 5.73 Å². The first-order valence-corrected chi connectivity index (χ1v) is 11.7. The molecule has 0 spiro atoms. The maximum absolute atomic E-state index is 6.57. The molecule has 1 nitrogen and oxygen atoms in total. The first kappa shape index (κ1) is 21.4. The number of rotatable bonds is 12. The lowest BCUT2D eigenvalue weighted by Crippen LogP contribution is -1.96. The van der Waals surface area contributed by atoms with Crippen LogP contribution in [0.15, 0.2) is 60.7 Å². The number of aryl methyl sites for hydroxylation is 1. The third kappa shape index (κ3) is 6.10. The van der Waals surface area contributed by atoms with Gasteiger partial charge in [-0.3, -0.25) is 0 Å². The van der Waals surface area contributed by atoms with Crippen LogP contribution in [0.3, 0.4) is 0 Å². The standard InChI is InChI=1S/C28H37N/c1-2-3-4-5-6-7-8-9-10-11-16-23-17-12-14-19-25(23)27-22-21-24-18-13-15-20-26(24)28(27)29/h12-15,17-22H,2-11,16,29H2,1H3. The molecule has 0 saturated heterocycles. The highest BCUT2D eigenvalue weighted by Gasteiger charge is 2.10. The molecule has 0 aromatic heterocycles. The smallest absolute Gasteiger partial charge is 0.0473 e. The fourth-order valence-corrected chi connectivity index (χ4v) is 4.33. The fraction of sp³-hybridized carbons (Fsp3) is 0.429. The summed E-state index contributed by atoms with van der Waals surface area (Å²) in [6, 6.07) is 21.6. The SMILES string of the molecule is CCCCCCCCCCCCc1ccccc1-c1ccc2ccccc2c1N. The average molecular weight is 388 g/mol. The highest BCUT2D eigenvalue weighted by molar-refractivity contribution is 6.00. The lowest BCUT2D eigenvalue weighted by atomic mass is 9.92. The molecule has 0 fully saturated rings. The van der Waals surface area contributed by atoms with E-state index in [4.69, 9.17) is 5.73 Å². The van der Waals surface area contributed by atoms with E-state index >= 15 is 0 Å². The predicted molar refractivity (Wildman–Crippen MR) is 129 cm³/mol. The van der Waals surface area contributed by atoms with E-state index in [2.05, 4.69) is 67.6 Å². The molecule has 0 unspecified atom stereocenters. The van der Waals surface area contributed by atoms with E-state index in [1.165, 1.54) is 86.3 Å². The molecule has 0 atom stereocenters. The van der Waals surface area contributed by atoms with Crippen molar-refractivity contribution >= 4 is 16.5 Å². The fourth-order valence-electron chi connectivity index (χ4n) is 4.33. The van der Waals surface area contributed by atoms with Crippen LogP contribution in [0.4, 0.5) is 5.69 Å². The molecule has 3 rings (SSSR count). The van der Waals surface area contributed by atoms with Crippen molar-refractivity contribution in [2.45, 2.75) is 77.6 Å². The molecule has 0 saturated carbocycles. The Labute approximate surface area is 177 Å². The Morgan fingerprint density at radius 1 is 0.586 bits per heavy atom. The monoisotopic (exact) mass is 387 g/mol. The number of hydrogen-bond donors (Lipinski definition) is 1. The second-order valence-corrected chi connectivity index (χ2v) is 8.34. The van der Waals surface area contributed by atoms with Crippen LogP contribution >= 0.6 is 0 Å². The highest BCUT2D eigenvalue weighted by Crippen LogP contribution is 2.34. The first-order chi connectivity index (χ1) is 14.3. The van der Waals surface area contributed by atoms with Crippen LogP contribution in [0.1, 0.15) is 76.7 Å². The summed E-state index contributed by atoms with van der Waals surface area (Å²) in [5, 5.41) is 2.36. The summed E-state index contributed by atoms with van der Waals surface area (Å²) >= 11 is 0. The number of hydrogen-bond acceptors (Lipinski definition) is 1. The molecule has 0 bridgehead atoms. The summed E-state index contributed by atoms with van der Waals surface area (Å²) in [5.74, 6) is 0. The summed E-state index contributed by atoms with van der Waals surface area (Å²) in [7, 11) is 0. The summed E-state index contributed by atoms with van der Waals surface area (Å²) in [6.07, 6.45) is 14.9. The van der Waals surface area contributed by atoms with Gasteiger partial charge in [0, 0.05) is 16.6 Å². The van der Waals surface area contributed by atoms with E-state index in [0.717, 1.165) is 17.5 Å². The molecule has 0 radical (unpaired) electrons. The van der Waals surface area contributed by atoms with E-state index in [0.29, 0.717) is 0 Å². The third-order valence-electron chi connectivity index (χ3n) is 6.08. The lowest BCUT2D eigenvalue weighted by Gasteiger charge is -2.14. The van der Waals surface area contributed by atoms with Gasteiger partial charge >= 0.3 is 0 Å². The molecule has 0 aliphatic rings. The van der Waals surface area contributed by atoms with Gasteiger partial charge in [-0.2, -0.15) is 0 Å². The van der Waals surface area contributed by atoms with Gasteiger partial charge in [-0.15, -0.1) is 0 Å². The summed E-state index contributed by atoms with van der Waals surface area (Å²) < 4.78 is 0. The van der Waals surface area contributed by atoms with Crippen LogP contribution in [0.5, 0.6) is 0 Å². The van der Waals surface area contributed by atoms with Crippen molar-refractivity contribution in [3.63, 3.8) is 0 Å². The molecule has 0 heterocycles. The van der Waals surface area contributed by atoms with E-state index in [1.54, 1.807) is 0 Å². The Balaban J connectivity index is 1.53. The van der Waals surface area contributed by atoms with Gasteiger partial charge in [0.15, 0.2) is 0 Å². The van der Waals surface area contributed by atoms with Crippen molar-refractivity contribution in [3.8, 4) is 11.1 Å². The van der Waals surface area contributed by atoms with Gasteiger partial charge in [0.1, 0.15) is 0 Å². The van der Waals surface area contributed by atoms with Gasteiger partial charge in [-0.1, -0.05) is 125 Å². The summed E-state index contributed by atoms with van der Waals surface area (Å²) in [4.78, 5) is 0. The van der Waals surface area contributed by atoms with Crippen molar-refractivity contribution < 1.29 is 0 Å². The van der Waals surface area contributed by atoms with Gasteiger partial charge in [-0.05, 0) is 29.4 Å². The Morgan fingerprint density at radius 3 is 1.97 bits per heavy atom. The minimum Gasteiger partial charge on any atom is -0.398 e. The normalized spacial score (nSPS) is 11.2. The van der Waals surface area contributed by atoms with Gasteiger partial charge < -0.3 is 5.73 Å². The Hall–Kier alpha value is -2.28. The minimum absolute atomic E-state index is 0.902. The van der Waals surface area contributed by atoms with Gasteiger partial charge in [-0.25, -0.2) is 0 Å². The number of benzene rings is 3. The molecule has 0 amide bonds. The number of fused-ring (bicyclic) bond motifs is 1. The molecule has 3 aromatic rings. The molecule has 1 heteroatoms. The zero-order chi connectivity index (χ0) is 20.3. The van der Waals surface area contributed by atoms with Crippen LogP contribution in [0.2, 0.25) is 0 Å². The van der Waals surface area contributed by atoms with E-state index in [9.17, 15) is 0 Å². The highest BCUT2D eigenvalue weighted by atomic mass is 14.6. The Bertz CT molecular complexity index is 880. The minimum atomic E-state index is 0.902. The lowest BCUT2D eigenvalue weighted by molar-refractivity contribution is 0.556. The molecule has 0 aliphatic carbocycles. The van der Waals surface area contributed by atoms with Gasteiger partial charge in [0.25, 0.3) is 0 Å².